The van der Waals surface area contributed by atoms with Gasteiger partial charge in [0, 0.05) is 11.8 Å². The molecule has 2 N–H and O–H groups in total. The van der Waals surface area contributed by atoms with Crippen molar-refractivity contribution in [2.24, 2.45) is 0 Å². The first kappa shape index (κ1) is 12.4. The molecule has 22 heavy (non-hydrogen) atoms. The Morgan fingerprint density at radius 2 is 0.955 bits per heavy atom. The van der Waals surface area contributed by atoms with Crippen molar-refractivity contribution in [2.75, 3.05) is 0 Å². The molecule has 0 fully saturated rings. The van der Waals surface area contributed by atoms with Crippen molar-refractivity contribution in [1.82, 2.24) is 0 Å². The molecule has 0 radical (unpaired) electrons. The summed E-state index contributed by atoms with van der Waals surface area (Å²) in [6.07, 6.45) is -1.46. The Balaban J connectivity index is 1.87. The molecule has 2 bridgehead atoms. The standard InChI is InChI=1S/C20H16O2/c21-19-17-13-7-3-4-8-14(13)18(20(19)22)16-10-12-6-2-1-5-11(12)9-15(16)17/h1-10,17-22H/t17-,18-,19-,20+/m0/s1. The SMILES string of the molecule is O[C@@H]1[C@H]2c3ccccc3[C@@H](c3cc4ccccc4cc32)[C@@H]1O. The highest BCUT2D eigenvalue weighted by Gasteiger charge is 2.48. The van der Waals surface area contributed by atoms with Gasteiger partial charge in [0.25, 0.3) is 0 Å². The largest absolute Gasteiger partial charge is 0.389 e. The van der Waals surface area contributed by atoms with Crippen molar-refractivity contribution in [3.63, 3.8) is 0 Å². The molecule has 2 heteroatoms. The lowest BCUT2D eigenvalue weighted by atomic mass is 9.61. The van der Waals surface area contributed by atoms with Crippen molar-refractivity contribution in [1.29, 1.82) is 0 Å². The second kappa shape index (κ2) is 4.19. The monoisotopic (exact) mass is 288 g/mol. The zero-order valence-corrected chi connectivity index (χ0v) is 12.0. The van der Waals surface area contributed by atoms with Gasteiger partial charge in [0.1, 0.15) is 0 Å². The molecule has 4 atom stereocenters. The molecule has 3 aromatic rings. The smallest absolute Gasteiger partial charge is 0.0917 e. The Morgan fingerprint density at radius 1 is 0.545 bits per heavy atom. The first-order chi connectivity index (χ1) is 10.8. The van der Waals surface area contributed by atoms with Gasteiger partial charge in [0.15, 0.2) is 0 Å². The van der Waals surface area contributed by atoms with E-state index in [1.807, 2.05) is 24.3 Å². The molecular formula is C20H16O2. The fraction of sp³-hybridized carbons (Fsp3) is 0.200. The van der Waals surface area contributed by atoms with Crippen LogP contribution in [0.2, 0.25) is 0 Å². The summed E-state index contributed by atoms with van der Waals surface area (Å²) < 4.78 is 0. The van der Waals surface area contributed by atoms with Gasteiger partial charge in [-0.25, -0.2) is 0 Å². The molecule has 3 aliphatic carbocycles. The van der Waals surface area contributed by atoms with Gasteiger partial charge < -0.3 is 10.2 Å². The van der Waals surface area contributed by atoms with Crippen LogP contribution in [-0.4, -0.2) is 22.4 Å². The zero-order chi connectivity index (χ0) is 14.8. The summed E-state index contributed by atoms with van der Waals surface area (Å²) in [6.45, 7) is 0. The maximum absolute atomic E-state index is 10.6. The zero-order valence-electron chi connectivity index (χ0n) is 12.0. The van der Waals surface area contributed by atoms with Gasteiger partial charge in [0.05, 0.1) is 12.2 Å². The van der Waals surface area contributed by atoms with Gasteiger partial charge in [-0.15, -0.1) is 0 Å². The summed E-state index contributed by atoms with van der Waals surface area (Å²) in [5.41, 5.74) is 4.65. The quantitative estimate of drug-likeness (QED) is 0.667. The number of aliphatic hydroxyl groups is 2. The number of rotatable bonds is 0. The van der Waals surface area contributed by atoms with Crippen LogP contribution in [0.1, 0.15) is 34.1 Å². The molecule has 6 rings (SSSR count). The van der Waals surface area contributed by atoms with E-state index in [9.17, 15) is 10.2 Å². The number of hydrogen-bond acceptors (Lipinski definition) is 2. The first-order valence-corrected chi connectivity index (χ1v) is 7.73. The molecule has 0 unspecified atom stereocenters. The van der Waals surface area contributed by atoms with E-state index in [1.165, 1.54) is 21.9 Å². The van der Waals surface area contributed by atoms with Gasteiger partial charge in [-0.2, -0.15) is 0 Å². The van der Waals surface area contributed by atoms with Crippen LogP contribution in [0.3, 0.4) is 0 Å². The molecule has 0 heterocycles. The minimum Gasteiger partial charge on any atom is -0.389 e. The number of fused-ring (bicyclic) bond motifs is 2. The van der Waals surface area contributed by atoms with Gasteiger partial charge in [-0.05, 0) is 33.0 Å². The van der Waals surface area contributed by atoms with Crippen molar-refractivity contribution in [3.8, 4) is 0 Å². The molecule has 0 aliphatic heterocycles. The molecule has 3 aromatic carbocycles. The molecule has 0 saturated carbocycles. The Kier molecular flexibility index (Phi) is 2.36. The van der Waals surface area contributed by atoms with Crippen LogP contribution >= 0.6 is 0 Å². The summed E-state index contributed by atoms with van der Waals surface area (Å²) in [6, 6.07) is 20.9. The summed E-state index contributed by atoms with van der Waals surface area (Å²) in [7, 11) is 0. The van der Waals surface area contributed by atoms with E-state index in [0.29, 0.717) is 0 Å². The average molecular weight is 288 g/mol. The summed E-state index contributed by atoms with van der Waals surface area (Å²) in [5.74, 6) is -0.258. The van der Waals surface area contributed by atoms with Crippen molar-refractivity contribution < 1.29 is 10.2 Å². The van der Waals surface area contributed by atoms with Crippen LogP contribution in [0.4, 0.5) is 0 Å². The van der Waals surface area contributed by atoms with E-state index in [4.69, 9.17) is 0 Å². The highest BCUT2D eigenvalue weighted by Crippen LogP contribution is 2.53. The van der Waals surface area contributed by atoms with Gasteiger partial charge in [-0.3, -0.25) is 0 Å². The third kappa shape index (κ3) is 1.41. The second-order valence-corrected chi connectivity index (χ2v) is 6.39. The summed E-state index contributed by atoms with van der Waals surface area (Å²) in [4.78, 5) is 0. The lowest BCUT2D eigenvalue weighted by molar-refractivity contribution is -0.0153. The van der Waals surface area contributed by atoms with Gasteiger partial charge >= 0.3 is 0 Å². The first-order valence-electron chi connectivity index (χ1n) is 7.73. The van der Waals surface area contributed by atoms with E-state index in [0.717, 1.165) is 11.1 Å². The average Bonchev–Trinajstić information content (AvgIpc) is 2.56. The number of aliphatic hydroxyl groups excluding tert-OH is 2. The molecular weight excluding hydrogens is 272 g/mol. The van der Waals surface area contributed by atoms with E-state index in [1.54, 1.807) is 0 Å². The Labute approximate surface area is 128 Å². The molecule has 0 aromatic heterocycles. The minimum absolute atomic E-state index is 0.129. The highest BCUT2D eigenvalue weighted by atomic mass is 16.3. The topological polar surface area (TPSA) is 40.5 Å². The van der Waals surface area contributed by atoms with Crippen LogP contribution in [-0.2, 0) is 0 Å². The normalized spacial score (nSPS) is 28.5. The second-order valence-electron chi connectivity index (χ2n) is 6.39. The van der Waals surface area contributed by atoms with Crippen LogP contribution in [0, 0.1) is 0 Å². The van der Waals surface area contributed by atoms with Crippen LogP contribution in [0.25, 0.3) is 10.8 Å². The van der Waals surface area contributed by atoms with E-state index in [2.05, 4.69) is 36.4 Å². The molecule has 0 amide bonds. The lowest BCUT2D eigenvalue weighted by Gasteiger charge is -2.46. The fourth-order valence-electron chi connectivity index (χ4n) is 4.36. The highest BCUT2D eigenvalue weighted by molar-refractivity contribution is 5.85. The maximum atomic E-state index is 10.6. The minimum atomic E-state index is -0.728. The predicted molar refractivity (Wildman–Crippen MR) is 86.1 cm³/mol. The molecule has 108 valence electrons. The van der Waals surface area contributed by atoms with Crippen LogP contribution in [0.5, 0.6) is 0 Å². The summed E-state index contributed by atoms with van der Waals surface area (Å²) >= 11 is 0. The molecule has 2 nitrogen and oxygen atoms in total. The maximum Gasteiger partial charge on any atom is 0.0917 e. The number of benzene rings is 3. The van der Waals surface area contributed by atoms with E-state index >= 15 is 0 Å². The van der Waals surface area contributed by atoms with Gasteiger partial charge in [0.2, 0.25) is 0 Å². The Hall–Kier alpha value is -2.16. The van der Waals surface area contributed by atoms with Crippen molar-refractivity contribution in [2.45, 2.75) is 24.0 Å². The van der Waals surface area contributed by atoms with Crippen molar-refractivity contribution >= 4 is 10.8 Å². The number of hydrogen-bond donors (Lipinski definition) is 2. The van der Waals surface area contributed by atoms with Crippen molar-refractivity contribution in [3.05, 3.63) is 82.9 Å². The van der Waals surface area contributed by atoms with Crippen LogP contribution in [0.15, 0.2) is 60.7 Å². The predicted octanol–water partition coefficient (Wildman–Crippen LogP) is 3.15. The Morgan fingerprint density at radius 3 is 1.41 bits per heavy atom. The summed E-state index contributed by atoms with van der Waals surface area (Å²) in [5, 5.41) is 23.5. The molecule has 0 spiro atoms. The third-order valence-electron chi connectivity index (χ3n) is 5.32. The van der Waals surface area contributed by atoms with E-state index in [-0.39, 0.29) is 11.8 Å². The third-order valence-corrected chi connectivity index (χ3v) is 5.32. The Bertz CT molecular complexity index is 826. The van der Waals surface area contributed by atoms with Crippen LogP contribution < -0.4 is 0 Å². The molecule has 3 aliphatic rings. The lowest BCUT2D eigenvalue weighted by Crippen LogP contribution is -2.47. The fourth-order valence-corrected chi connectivity index (χ4v) is 4.36. The van der Waals surface area contributed by atoms with E-state index < -0.39 is 12.2 Å². The molecule has 0 saturated heterocycles. The van der Waals surface area contributed by atoms with Gasteiger partial charge in [-0.1, -0.05) is 60.7 Å².